The molecule has 2 heterocycles. The van der Waals surface area contributed by atoms with Gasteiger partial charge in [0.2, 0.25) is 0 Å². The van der Waals surface area contributed by atoms with Gasteiger partial charge in [0.25, 0.3) is 0 Å². The summed E-state index contributed by atoms with van der Waals surface area (Å²) in [6.07, 6.45) is 3.66. The van der Waals surface area contributed by atoms with Gasteiger partial charge in [-0.05, 0) is 32.4 Å². The van der Waals surface area contributed by atoms with Crippen LogP contribution < -0.4 is 5.32 Å². The smallest absolute Gasteiger partial charge is 0.0860 e. The summed E-state index contributed by atoms with van der Waals surface area (Å²) in [4.78, 5) is 4.13. The second kappa shape index (κ2) is 6.17. The molecule has 0 amide bonds. The fraction of sp³-hybridized carbons (Fsp3) is 0.429. The lowest BCUT2D eigenvalue weighted by Gasteiger charge is -2.14. The van der Waals surface area contributed by atoms with Crippen LogP contribution in [0.25, 0.3) is 0 Å². The Morgan fingerprint density at radius 1 is 1.47 bits per heavy atom. The van der Waals surface area contributed by atoms with Crippen LogP contribution >= 0.6 is 11.6 Å². The Morgan fingerprint density at radius 3 is 2.89 bits per heavy atom. The summed E-state index contributed by atoms with van der Waals surface area (Å²) < 4.78 is 1.95. The second-order valence-corrected chi connectivity index (χ2v) is 4.93. The van der Waals surface area contributed by atoms with Gasteiger partial charge in [-0.15, -0.1) is 0 Å². The summed E-state index contributed by atoms with van der Waals surface area (Å²) in [6, 6.07) is 4.24. The van der Waals surface area contributed by atoms with Crippen LogP contribution in [0.3, 0.4) is 0 Å². The maximum absolute atomic E-state index is 6.29. The first-order valence-electron chi connectivity index (χ1n) is 6.48. The summed E-state index contributed by atoms with van der Waals surface area (Å²) in [6.45, 7) is 7.64. The van der Waals surface area contributed by atoms with Crippen LogP contribution in [0.4, 0.5) is 0 Å². The van der Waals surface area contributed by atoms with Gasteiger partial charge in [0.05, 0.1) is 16.4 Å². The van der Waals surface area contributed by atoms with Gasteiger partial charge in [0, 0.05) is 31.5 Å². The number of nitrogens with zero attached hydrogens (tertiary/aromatic N) is 3. The number of hydrogen-bond donors (Lipinski definition) is 1. The van der Waals surface area contributed by atoms with Crippen molar-refractivity contribution in [2.75, 3.05) is 0 Å². The quantitative estimate of drug-likeness (QED) is 0.914. The monoisotopic (exact) mass is 278 g/mol. The number of hydrogen-bond acceptors (Lipinski definition) is 3. The molecule has 5 heteroatoms. The van der Waals surface area contributed by atoms with E-state index in [0.29, 0.717) is 6.54 Å². The minimum absolute atomic E-state index is 0.227. The van der Waals surface area contributed by atoms with Crippen LogP contribution in [0, 0.1) is 6.92 Å². The Bertz CT molecular complexity index is 536. The molecule has 0 radical (unpaired) electrons. The third kappa shape index (κ3) is 3.14. The van der Waals surface area contributed by atoms with Gasteiger partial charge in [-0.3, -0.25) is 9.67 Å². The van der Waals surface area contributed by atoms with E-state index >= 15 is 0 Å². The average Bonchev–Trinajstić information content (AvgIpc) is 2.72. The first-order chi connectivity index (χ1) is 9.13. The Kier molecular flexibility index (Phi) is 4.56. The molecule has 0 aromatic carbocycles. The van der Waals surface area contributed by atoms with Crippen LogP contribution in [0.2, 0.25) is 5.02 Å². The van der Waals surface area contributed by atoms with Crippen LogP contribution in [0.1, 0.15) is 36.8 Å². The van der Waals surface area contributed by atoms with Crippen molar-refractivity contribution in [3.8, 4) is 0 Å². The van der Waals surface area contributed by atoms with Crippen molar-refractivity contribution in [3.63, 3.8) is 0 Å². The van der Waals surface area contributed by atoms with Gasteiger partial charge < -0.3 is 5.32 Å². The Morgan fingerprint density at radius 2 is 2.26 bits per heavy atom. The number of pyridine rings is 1. The molecule has 0 fully saturated rings. The topological polar surface area (TPSA) is 42.7 Å². The molecule has 1 unspecified atom stereocenters. The second-order valence-electron chi connectivity index (χ2n) is 4.55. The molecule has 102 valence electrons. The molecule has 1 atom stereocenters. The van der Waals surface area contributed by atoms with Gasteiger partial charge in [-0.25, -0.2) is 0 Å². The average molecular weight is 279 g/mol. The van der Waals surface area contributed by atoms with E-state index in [1.807, 2.05) is 23.9 Å². The summed E-state index contributed by atoms with van der Waals surface area (Å²) in [5.74, 6) is 0. The molecular formula is C14H19ClN4. The minimum atomic E-state index is 0.227. The lowest BCUT2D eigenvalue weighted by atomic mass is 10.1. The van der Waals surface area contributed by atoms with Crippen molar-refractivity contribution in [2.45, 2.75) is 39.9 Å². The standard InChI is InChI=1S/C14H19ClN4/c1-4-19-13(14(15)11(3)18-19)9-17-10(2)12-6-5-7-16-8-12/h5-8,10,17H,4,9H2,1-3H3. The Balaban J connectivity index is 2.07. The molecule has 2 rings (SSSR count). The van der Waals surface area contributed by atoms with E-state index in [0.717, 1.165) is 28.5 Å². The molecule has 19 heavy (non-hydrogen) atoms. The summed E-state index contributed by atoms with van der Waals surface area (Å²) >= 11 is 6.29. The normalized spacial score (nSPS) is 12.6. The summed E-state index contributed by atoms with van der Waals surface area (Å²) in [5, 5.41) is 8.63. The third-order valence-electron chi connectivity index (χ3n) is 3.21. The van der Waals surface area contributed by atoms with E-state index in [1.165, 1.54) is 0 Å². The van der Waals surface area contributed by atoms with Crippen LogP contribution in [-0.4, -0.2) is 14.8 Å². The SMILES string of the molecule is CCn1nc(C)c(Cl)c1CNC(C)c1cccnc1. The van der Waals surface area contributed by atoms with E-state index < -0.39 is 0 Å². The first-order valence-corrected chi connectivity index (χ1v) is 6.86. The van der Waals surface area contributed by atoms with Gasteiger partial charge in [-0.1, -0.05) is 17.7 Å². The lowest BCUT2D eigenvalue weighted by molar-refractivity contribution is 0.530. The van der Waals surface area contributed by atoms with E-state index in [2.05, 4.69) is 35.3 Å². The fourth-order valence-electron chi connectivity index (χ4n) is 2.04. The Labute approximate surface area is 118 Å². The molecular weight excluding hydrogens is 260 g/mol. The van der Waals surface area contributed by atoms with Crippen LogP contribution in [0.15, 0.2) is 24.5 Å². The summed E-state index contributed by atoms with van der Waals surface area (Å²) in [5.41, 5.74) is 3.09. The highest BCUT2D eigenvalue weighted by Crippen LogP contribution is 2.21. The fourth-order valence-corrected chi connectivity index (χ4v) is 2.24. The number of rotatable bonds is 5. The maximum Gasteiger partial charge on any atom is 0.0860 e. The van der Waals surface area contributed by atoms with Crippen molar-refractivity contribution in [1.29, 1.82) is 0 Å². The van der Waals surface area contributed by atoms with E-state index in [9.17, 15) is 0 Å². The molecule has 4 nitrogen and oxygen atoms in total. The molecule has 2 aromatic heterocycles. The maximum atomic E-state index is 6.29. The van der Waals surface area contributed by atoms with E-state index in [1.54, 1.807) is 6.20 Å². The number of aromatic nitrogens is 3. The van der Waals surface area contributed by atoms with Crippen LogP contribution in [0.5, 0.6) is 0 Å². The minimum Gasteiger partial charge on any atom is -0.304 e. The first kappa shape index (κ1) is 14.0. The zero-order chi connectivity index (χ0) is 13.8. The van der Waals surface area contributed by atoms with Crippen molar-refractivity contribution in [1.82, 2.24) is 20.1 Å². The number of halogens is 1. The highest BCUT2D eigenvalue weighted by molar-refractivity contribution is 6.31. The highest BCUT2D eigenvalue weighted by Gasteiger charge is 2.13. The summed E-state index contributed by atoms with van der Waals surface area (Å²) in [7, 11) is 0. The molecule has 0 aliphatic rings. The predicted octanol–water partition coefficient (Wildman–Crippen LogP) is 3.11. The third-order valence-corrected chi connectivity index (χ3v) is 3.70. The van der Waals surface area contributed by atoms with Gasteiger partial charge >= 0.3 is 0 Å². The lowest BCUT2D eigenvalue weighted by Crippen LogP contribution is -2.20. The van der Waals surface area contributed by atoms with Gasteiger partial charge in [-0.2, -0.15) is 5.10 Å². The molecule has 1 N–H and O–H groups in total. The number of nitrogens with one attached hydrogen (secondary N) is 1. The molecule has 0 aliphatic carbocycles. The van der Waals surface area contributed by atoms with Crippen molar-refractivity contribution >= 4 is 11.6 Å². The molecule has 0 aliphatic heterocycles. The largest absolute Gasteiger partial charge is 0.304 e. The zero-order valence-electron chi connectivity index (χ0n) is 11.5. The van der Waals surface area contributed by atoms with Crippen molar-refractivity contribution in [3.05, 3.63) is 46.5 Å². The molecule has 0 bridgehead atoms. The van der Waals surface area contributed by atoms with E-state index in [4.69, 9.17) is 11.6 Å². The molecule has 2 aromatic rings. The van der Waals surface area contributed by atoms with Gasteiger partial charge in [0.1, 0.15) is 0 Å². The Hall–Kier alpha value is -1.39. The number of aryl methyl sites for hydroxylation is 2. The van der Waals surface area contributed by atoms with Crippen molar-refractivity contribution in [2.24, 2.45) is 0 Å². The molecule has 0 saturated heterocycles. The zero-order valence-corrected chi connectivity index (χ0v) is 12.3. The van der Waals surface area contributed by atoms with Crippen molar-refractivity contribution < 1.29 is 0 Å². The van der Waals surface area contributed by atoms with Gasteiger partial charge in [0.15, 0.2) is 0 Å². The van der Waals surface area contributed by atoms with E-state index in [-0.39, 0.29) is 6.04 Å². The molecule has 0 saturated carbocycles. The molecule has 0 spiro atoms. The predicted molar refractivity (Wildman–Crippen MR) is 77.1 cm³/mol. The van der Waals surface area contributed by atoms with Crippen LogP contribution in [-0.2, 0) is 13.1 Å². The highest BCUT2D eigenvalue weighted by atomic mass is 35.5.